The first kappa shape index (κ1) is 7.60. The summed E-state index contributed by atoms with van der Waals surface area (Å²) < 4.78 is 0. The SMILES string of the molecule is C1CCC(CN2CCC2)CC1. The van der Waals surface area contributed by atoms with Crippen LogP contribution in [0.5, 0.6) is 0 Å². The summed E-state index contributed by atoms with van der Waals surface area (Å²) in [5.74, 6) is 1.06. The summed E-state index contributed by atoms with van der Waals surface area (Å²) in [6.45, 7) is 4.19. The lowest BCUT2D eigenvalue weighted by atomic mass is 9.88. The van der Waals surface area contributed by atoms with Crippen LogP contribution in [-0.2, 0) is 0 Å². The average Bonchev–Trinajstić information content (AvgIpc) is 1.99. The molecule has 0 aromatic rings. The minimum Gasteiger partial charge on any atom is -0.303 e. The third-order valence-corrected chi connectivity index (χ3v) is 3.19. The summed E-state index contributed by atoms with van der Waals surface area (Å²) in [6.07, 6.45) is 8.97. The van der Waals surface area contributed by atoms with Crippen molar-refractivity contribution in [3.8, 4) is 0 Å². The first-order valence-electron chi connectivity index (χ1n) is 5.17. The van der Waals surface area contributed by atoms with Gasteiger partial charge in [-0.2, -0.15) is 0 Å². The third-order valence-electron chi connectivity index (χ3n) is 3.19. The van der Waals surface area contributed by atoms with Crippen molar-refractivity contribution in [1.82, 2.24) is 4.90 Å². The van der Waals surface area contributed by atoms with Gasteiger partial charge in [-0.25, -0.2) is 0 Å². The van der Waals surface area contributed by atoms with Crippen molar-refractivity contribution >= 4 is 0 Å². The smallest absolute Gasteiger partial charge is 0.000967 e. The van der Waals surface area contributed by atoms with E-state index in [-0.39, 0.29) is 0 Å². The van der Waals surface area contributed by atoms with E-state index in [2.05, 4.69) is 4.90 Å². The van der Waals surface area contributed by atoms with Crippen molar-refractivity contribution in [1.29, 1.82) is 0 Å². The van der Waals surface area contributed by atoms with E-state index in [1.165, 1.54) is 58.2 Å². The summed E-state index contributed by atoms with van der Waals surface area (Å²) in [5.41, 5.74) is 0. The molecule has 0 amide bonds. The van der Waals surface area contributed by atoms with E-state index in [0.29, 0.717) is 0 Å². The van der Waals surface area contributed by atoms with Gasteiger partial charge in [-0.3, -0.25) is 0 Å². The van der Waals surface area contributed by atoms with Crippen LogP contribution in [0.25, 0.3) is 0 Å². The number of hydrogen-bond acceptors (Lipinski definition) is 1. The van der Waals surface area contributed by atoms with Crippen LogP contribution in [0.1, 0.15) is 38.5 Å². The van der Waals surface area contributed by atoms with Gasteiger partial charge in [-0.15, -0.1) is 0 Å². The monoisotopic (exact) mass is 153 g/mol. The van der Waals surface area contributed by atoms with Crippen molar-refractivity contribution < 1.29 is 0 Å². The molecular formula is C10H19N. The molecule has 1 saturated carbocycles. The van der Waals surface area contributed by atoms with Crippen molar-refractivity contribution in [2.45, 2.75) is 38.5 Å². The van der Waals surface area contributed by atoms with Crippen molar-refractivity contribution in [2.75, 3.05) is 19.6 Å². The molecule has 11 heavy (non-hydrogen) atoms. The zero-order chi connectivity index (χ0) is 7.52. The number of rotatable bonds is 2. The predicted molar refractivity (Wildman–Crippen MR) is 47.6 cm³/mol. The van der Waals surface area contributed by atoms with Gasteiger partial charge in [0.05, 0.1) is 0 Å². The standard InChI is InChI=1S/C10H19N/c1-2-5-10(6-3-1)9-11-7-4-8-11/h10H,1-9H2. The van der Waals surface area contributed by atoms with Gasteiger partial charge in [0, 0.05) is 6.54 Å². The zero-order valence-corrected chi connectivity index (χ0v) is 7.39. The van der Waals surface area contributed by atoms with Gasteiger partial charge in [0.1, 0.15) is 0 Å². The van der Waals surface area contributed by atoms with E-state index in [9.17, 15) is 0 Å². The molecule has 0 bridgehead atoms. The summed E-state index contributed by atoms with van der Waals surface area (Å²) >= 11 is 0. The fourth-order valence-corrected chi connectivity index (χ4v) is 2.30. The average molecular weight is 153 g/mol. The summed E-state index contributed by atoms with van der Waals surface area (Å²) in [6, 6.07) is 0. The Kier molecular flexibility index (Phi) is 2.47. The molecule has 2 aliphatic rings. The summed E-state index contributed by atoms with van der Waals surface area (Å²) in [4.78, 5) is 2.62. The van der Waals surface area contributed by atoms with Crippen LogP contribution in [0, 0.1) is 5.92 Å². The van der Waals surface area contributed by atoms with Crippen molar-refractivity contribution in [2.24, 2.45) is 5.92 Å². The van der Waals surface area contributed by atoms with E-state index in [4.69, 9.17) is 0 Å². The second kappa shape index (κ2) is 3.57. The normalized spacial score (nSPS) is 28.4. The fourth-order valence-electron chi connectivity index (χ4n) is 2.30. The van der Waals surface area contributed by atoms with Gasteiger partial charge in [0.25, 0.3) is 0 Å². The second-order valence-corrected chi connectivity index (χ2v) is 4.16. The molecule has 0 radical (unpaired) electrons. The van der Waals surface area contributed by atoms with Crippen LogP contribution in [0.4, 0.5) is 0 Å². The molecule has 2 rings (SSSR count). The Labute approximate surface area is 69.8 Å². The highest BCUT2D eigenvalue weighted by Gasteiger charge is 2.20. The van der Waals surface area contributed by atoms with E-state index in [1.54, 1.807) is 0 Å². The lowest BCUT2D eigenvalue weighted by Crippen LogP contribution is -2.40. The van der Waals surface area contributed by atoms with Gasteiger partial charge in [0.2, 0.25) is 0 Å². The van der Waals surface area contributed by atoms with E-state index in [1.807, 2.05) is 0 Å². The van der Waals surface area contributed by atoms with Gasteiger partial charge < -0.3 is 4.90 Å². The Morgan fingerprint density at radius 1 is 0.909 bits per heavy atom. The van der Waals surface area contributed by atoms with Gasteiger partial charge in [-0.05, 0) is 38.3 Å². The van der Waals surface area contributed by atoms with Gasteiger partial charge in [0.15, 0.2) is 0 Å². The van der Waals surface area contributed by atoms with E-state index in [0.717, 1.165) is 5.92 Å². The van der Waals surface area contributed by atoms with E-state index >= 15 is 0 Å². The molecule has 0 aromatic heterocycles. The van der Waals surface area contributed by atoms with Crippen LogP contribution >= 0.6 is 0 Å². The maximum absolute atomic E-state index is 2.62. The minimum absolute atomic E-state index is 1.06. The maximum atomic E-state index is 2.62. The van der Waals surface area contributed by atoms with Crippen LogP contribution in [0.15, 0.2) is 0 Å². The Balaban J connectivity index is 1.67. The van der Waals surface area contributed by atoms with Crippen molar-refractivity contribution in [3.05, 3.63) is 0 Å². The highest BCUT2D eigenvalue weighted by molar-refractivity contribution is 4.74. The molecule has 1 heterocycles. The first-order chi connectivity index (χ1) is 5.45. The first-order valence-corrected chi connectivity index (χ1v) is 5.17. The van der Waals surface area contributed by atoms with Crippen LogP contribution < -0.4 is 0 Å². The highest BCUT2D eigenvalue weighted by atomic mass is 15.2. The molecule has 1 saturated heterocycles. The fraction of sp³-hybridized carbons (Fsp3) is 1.00. The van der Waals surface area contributed by atoms with E-state index < -0.39 is 0 Å². The molecule has 1 aliphatic heterocycles. The molecule has 1 heteroatoms. The molecule has 1 nitrogen and oxygen atoms in total. The van der Waals surface area contributed by atoms with Gasteiger partial charge in [-0.1, -0.05) is 19.3 Å². The highest BCUT2D eigenvalue weighted by Crippen LogP contribution is 2.25. The molecular weight excluding hydrogens is 134 g/mol. The topological polar surface area (TPSA) is 3.24 Å². The molecule has 0 spiro atoms. The number of nitrogens with zero attached hydrogens (tertiary/aromatic N) is 1. The second-order valence-electron chi connectivity index (χ2n) is 4.16. The molecule has 1 aliphatic carbocycles. The number of hydrogen-bond donors (Lipinski definition) is 0. The summed E-state index contributed by atoms with van der Waals surface area (Å²) in [7, 11) is 0. The molecule has 2 fully saturated rings. The lowest BCUT2D eigenvalue weighted by molar-refractivity contribution is 0.136. The molecule has 0 aromatic carbocycles. The predicted octanol–water partition coefficient (Wildman–Crippen LogP) is 2.27. The van der Waals surface area contributed by atoms with Crippen LogP contribution in [0.2, 0.25) is 0 Å². The Hall–Kier alpha value is -0.0400. The molecule has 64 valence electrons. The summed E-state index contributed by atoms with van der Waals surface area (Å²) in [5, 5.41) is 0. The van der Waals surface area contributed by atoms with Crippen LogP contribution in [0.3, 0.4) is 0 Å². The Bertz CT molecular complexity index is 112. The number of likely N-dealkylation sites (tertiary alicyclic amines) is 1. The largest absolute Gasteiger partial charge is 0.303 e. The maximum Gasteiger partial charge on any atom is 0.000967 e. The molecule has 0 N–H and O–H groups in total. The quantitative estimate of drug-likeness (QED) is 0.588. The minimum atomic E-state index is 1.06. The van der Waals surface area contributed by atoms with Gasteiger partial charge >= 0.3 is 0 Å². The van der Waals surface area contributed by atoms with Crippen molar-refractivity contribution in [3.63, 3.8) is 0 Å². The lowest BCUT2D eigenvalue weighted by Gasteiger charge is -2.35. The molecule has 0 atom stereocenters. The molecule has 0 unspecified atom stereocenters. The Morgan fingerprint density at radius 3 is 2.18 bits per heavy atom. The third kappa shape index (κ3) is 1.96. The van der Waals surface area contributed by atoms with Crippen LogP contribution in [-0.4, -0.2) is 24.5 Å². The zero-order valence-electron chi connectivity index (χ0n) is 7.39. The Morgan fingerprint density at radius 2 is 1.64 bits per heavy atom.